The Morgan fingerprint density at radius 1 is 1.18 bits per heavy atom. The van der Waals surface area contributed by atoms with Crippen molar-refractivity contribution in [1.82, 2.24) is 14.6 Å². The highest BCUT2D eigenvalue weighted by molar-refractivity contribution is 7.17. The summed E-state index contributed by atoms with van der Waals surface area (Å²) in [7, 11) is 1.60. The van der Waals surface area contributed by atoms with E-state index in [4.69, 9.17) is 14.5 Å². The number of hydrogen-bond acceptors (Lipinski definition) is 6. The molecular formula is C21H19N3O3S. The number of esters is 1. The molecule has 1 aromatic carbocycles. The topological polar surface area (TPSA) is 65.7 Å². The Morgan fingerprint density at radius 3 is 2.75 bits per heavy atom. The van der Waals surface area contributed by atoms with Gasteiger partial charge in [0.2, 0.25) is 0 Å². The predicted octanol–water partition coefficient (Wildman–Crippen LogP) is 4.62. The third kappa shape index (κ3) is 3.03. The van der Waals surface area contributed by atoms with E-state index in [-0.39, 0.29) is 5.97 Å². The zero-order valence-electron chi connectivity index (χ0n) is 15.8. The molecule has 0 aliphatic carbocycles. The number of benzene rings is 1. The van der Waals surface area contributed by atoms with Gasteiger partial charge in [-0.25, -0.2) is 14.3 Å². The summed E-state index contributed by atoms with van der Waals surface area (Å²) in [6, 6.07) is 13.4. The van der Waals surface area contributed by atoms with E-state index in [1.807, 2.05) is 60.1 Å². The molecule has 0 aliphatic heterocycles. The molecule has 4 rings (SSSR count). The number of carbonyl (C=O) groups excluding carboxylic acids is 1. The predicted molar refractivity (Wildman–Crippen MR) is 109 cm³/mol. The summed E-state index contributed by atoms with van der Waals surface area (Å²) >= 11 is 1.31. The van der Waals surface area contributed by atoms with E-state index in [2.05, 4.69) is 5.10 Å². The maximum Gasteiger partial charge on any atom is 0.350 e. The molecule has 0 bridgehead atoms. The van der Waals surface area contributed by atoms with Crippen molar-refractivity contribution >= 4 is 22.8 Å². The Labute approximate surface area is 166 Å². The molecule has 6 nitrogen and oxygen atoms in total. The lowest BCUT2D eigenvalue weighted by Gasteiger charge is -2.07. The van der Waals surface area contributed by atoms with Gasteiger partial charge in [-0.05, 0) is 38.1 Å². The second kappa shape index (κ2) is 7.44. The van der Waals surface area contributed by atoms with E-state index >= 15 is 0 Å². The van der Waals surface area contributed by atoms with Gasteiger partial charge in [-0.15, -0.1) is 11.3 Å². The number of hydrogen-bond donors (Lipinski definition) is 0. The molecule has 28 heavy (non-hydrogen) atoms. The fourth-order valence-corrected chi connectivity index (χ4v) is 4.24. The van der Waals surface area contributed by atoms with Crippen LogP contribution in [0.3, 0.4) is 0 Å². The summed E-state index contributed by atoms with van der Waals surface area (Å²) in [5.41, 5.74) is 4.02. The third-order valence-electron chi connectivity index (χ3n) is 4.38. The molecule has 3 heterocycles. The van der Waals surface area contributed by atoms with Crippen molar-refractivity contribution in [1.29, 1.82) is 0 Å². The molecule has 142 valence electrons. The van der Waals surface area contributed by atoms with Crippen molar-refractivity contribution in [3.63, 3.8) is 0 Å². The summed E-state index contributed by atoms with van der Waals surface area (Å²) in [4.78, 5) is 17.9. The number of nitrogens with zero attached hydrogens (tertiary/aromatic N) is 3. The highest BCUT2D eigenvalue weighted by Gasteiger charge is 2.25. The van der Waals surface area contributed by atoms with Crippen LogP contribution in [0, 0.1) is 6.92 Å². The number of fused-ring (bicyclic) bond motifs is 1. The monoisotopic (exact) mass is 393 g/mol. The van der Waals surface area contributed by atoms with E-state index in [1.165, 1.54) is 11.3 Å². The van der Waals surface area contributed by atoms with Gasteiger partial charge in [-0.2, -0.15) is 5.10 Å². The summed E-state index contributed by atoms with van der Waals surface area (Å²) in [6.07, 6.45) is 1.90. The summed E-state index contributed by atoms with van der Waals surface area (Å²) in [6.45, 7) is 4.03. The number of carbonyl (C=O) groups is 1. The highest BCUT2D eigenvalue weighted by atomic mass is 32.1. The van der Waals surface area contributed by atoms with E-state index in [1.54, 1.807) is 14.0 Å². The molecule has 0 radical (unpaired) electrons. The molecular weight excluding hydrogens is 374 g/mol. The molecule has 0 saturated carbocycles. The molecule has 0 spiro atoms. The van der Waals surface area contributed by atoms with Crippen LogP contribution >= 0.6 is 11.3 Å². The molecule has 7 heteroatoms. The Hall–Kier alpha value is -3.19. The van der Waals surface area contributed by atoms with Gasteiger partial charge in [0.1, 0.15) is 21.3 Å². The lowest BCUT2D eigenvalue weighted by molar-refractivity contribution is 0.0532. The molecule has 0 fully saturated rings. The Balaban J connectivity index is 1.95. The van der Waals surface area contributed by atoms with Gasteiger partial charge in [0, 0.05) is 11.8 Å². The van der Waals surface area contributed by atoms with Crippen molar-refractivity contribution in [3.8, 4) is 27.6 Å². The quantitative estimate of drug-likeness (QED) is 0.463. The molecule has 0 aliphatic rings. The fraction of sp³-hybridized carbons (Fsp3) is 0.190. The van der Waals surface area contributed by atoms with Crippen LogP contribution in [0.1, 0.15) is 22.3 Å². The minimum absolute atomic E-state index is 0.299. The largest absolute Gasteiger partial charge is 0.496 e. The molecule has 4 aromatic rings. The van der Waals surface area contributed by atoms with Crippen molar-refractivity contribution in [2.75, 3.05) is 13.7 Å². The number of aromatic nitrogens is 3. The van der Waals surface area contributed by atoms with Crippen LogP contribution in [0.25, 0.3) is 27.3 Å². The summed E-state index contributed by atoms with van der Waals surface area (Å²) in [5.74, 6) is 0.266. The number of rotatable bonds is 5. The first kappa shape index (κ1) is 18.2. The molecule has 0 unspecified atom stereocenters. The molecule has 0 N–H and O–H groups in total. The Morgan fingerprint density at radius 2 is 1.96 bits per heavy atom. The van der Waals surface area contributed by atoms with Crippen molar-refractivity contribution in [3.05, 3.63) is 59.2 Å². The molecule has 0 atom stereocenters. The minimum Gasteiger partial charge on any atom is -0.496 e. The van der Waals surface area contributed by atoms with Crippen LogP contribution < -0.4 is 4.74 Å². The van der Waals surface area contributed by atoms with E-state index in [0.29, 0.717) is 22.9 Å². The second-order valence-corrected chi connectivity index (χ2v) is 7.11. The average Bonchev–Trinajstić information content (AvgIpc) is 3.28. The van der Waals surface area contributed by atoms with Crippen LogP contribution in [0.4, 0.5) is 0 Å². The smallest absolute Gasteiger partial charge is 0.350 e. The van der Waals surface area contributed by atoms with Gasteiger partial charge in [-0.3, -0.25) is 0 Å². The Bertz CT molecular complexity index is 1160. The Kier molecular flexibility index (Phi) is 4.83. The van der Waals surface area contributed by atoms with Crippen LogP contribution in [-0.2, 0) is 4.74 Å². The fourth-order valence-electron chi connectivity index (χ4n) is 3.17. The van der Waals surface area contributed by atoms with Crippen LogP contribution in [0.15, 0.2) is 48.7 Å². The summed E-state index contributed by atoms with van der Waals surface area (Å²) in [5, 5.41) is 5.28. The van der Waals surface area contributed by atoms with Crippen LogP contribution in [-0.4, -0.2) is 34.3 Å². The van der Waals surface area contributed by atoms with Gasteiger partial charge in [0.05, 0.1) is 30.5 Å². The van der Waals surface area contributed by atoms with Crippen molar-refractivity contribution < 1.29 is 14.3 Å². The van der Waals surface area contributed by atoms with Gasteiger partial charge < -0.3 is 9.47 Å². The third-order valence-corrected chi connectivity index (χ3v) is 5.43. The number of pyridine rings is 1. The maximum absolute atomic E-state index is 12.7. The zero-order valence-corrected chi connectivity index (χ0v) is 16.6. The van der Waals surface area contributed by atoms with Gasteiger partial charge >= 0.3 is 5.97 Å². The number of thiazole rings is 1. The zero-order chi connectivity index (χ0) is 19.7. The second-order valence-electron chi connectivity index (χ2n) is 6.11. The molecule has 3 aromatic heterocycles. The van der Waals surface area contributed by atoms with Gasteiger partial charge in [-0.1, -0.05) is 18.2 Å². The first-order valence-electron chi connectivity index (χ1n) is 8.89. The average molecular weight is 393 g/mol. The highest BCUT2D eigenvalue weighted by Crippen LogP contribution is 2.40. The van der Waals surface area contributed by atoms with Crippen LogP contribution in [0.5, 0.6) is 5.75 Å². The molecule has 0 saturated heterocycles. The van der Waals surface area contributed by atoms with Gasteiger partial charge in [0.25, 0.3) is 0 Å². The van der Waals surface area contributed by atoms with Crippen LogP contribution in [0.2, 0.25) is 0 Å². The van der Waals surface area contributed by atoms with Gasteiger partial charge in [0.15, 0.2) is 0 Å². The minimum atomic E-state index is -0.388. The van der Waals surface area contributed by atoms with Crippen molar-refractivity contribution in [2.24, 2.45) is 0 Å². The van der Waals surface area contributed by atoms with E-state index in [0.717, 1.165) is 27.3 Å². The number of aryl methyl sites for hydroxylation is 1. The standard InChI is InChI=1S/C21H19N3O3S/c1-4-27-21(25)19-18(14-9-5-6-11-16(14)26-3)22-20(28-19)17-13(2)23-24-12-8-7-10-15(17)24/h5-12H,4H2,1-3H3. The lowest BCUT2D eigenvalue weighted by atomic mass is 10.1. The number of para-hydroxylation sites is 1. The molecule has 0 amide bonds. The van der Waals surface area contributed by atoms with E-state index in [9.17, 15) is 4.79 Å². The number of methoxy groups -OCH3 is 1. The lowest BCUT2D eigenvalue weighted by Crippen LogP contribution is -2.04. The van der Waals surface area contributed by atoms with Crippen molar-refractivity contribution in [2.45, 2.75) is 13.8 Å². The SMILES string of the molecule is CCOC(=O)c1sc(-c2c(C)nn3ccccc23)nc1-c1ccccc1OC. The van der Waals surface area contributed by atoms with E-state index < -0.39 is 0 Å². The normalized spacial score (nSPS) is 11.0. The first-order chi connectivity index (χ1) is 13.6. The number of ether oxygens (including phenoxy) is 2. The summed E-state index contributed by atoms with van der Waals surface area (Å²) < 4.78 is 12.6. The maximum atomic E-state index is 12.7. The first-order valence-corrected chi connectivity index (χ1v) is 9.71.